The van der Waals surface area contributed by atoms with Crippen LogP contribution in [-0.2, 0) is 9.53 Å². The van der Waals surface area contributed by atoms with Crippen LogP contribution in [0.25, 0.3) is 0 Å². The Kier molecular flexibility index (Phi) is 13.0. The Morgan fingerprint density at radius 2 is 1.47 bits per heavy atom. The number of esters is 1. The molecule has 0 unspecified atom stereocenters. The van der Waals surface area contributed by atoms with Crippen LogP contribution < -0.4 is 5.32 Å². The zero-order valence-corrected chi connectivity index (χ0v) is 11.6. The van der Waals surface area contributed by atoms with E-state index in [1.807, 2.05) is 0 Å². The van der Waals surface area contributed by atoms with Gasteiger partial charge in [-0.25, -0.2) is 0 Å². The highest BCUT2D eigenvalue weighted by molar-refractivity contribution is 5.68. The average molecular weight is 243 g/mol. The van der Waals surface area contributed by atoms with E-state index in [4.69, 9.17) is 0 Å². The SMILES string of the molecule is CCNCCCCCCCCCCC(=O)OC. The second-order valence-corrected chi connectivity index (χ2v) is 4.51. The second-order valence-electron chi connectivity index (χ2n) is 4.51. The van der Waals surface area contributed by atoms with Crippen molar-refractivity contribution in [3.8, 4) is 0 Å². The minimum atomic E-state index is -0.0755. The molecule has 0 spiro atoms. The van der Waals surface area contributed by atoms with E-state index in [1.165, 1.54) is 45.6 Å². The highest BCUT2D eigenvalue weighted by Crippen LogP contribution is 2.09. The maximum Gasteiger partial charge on any atom is 0.305 e. The van der Waals surface area contributed by atoms with E-state index in [1.54, 1.807) is 0 Å². The summed E-state index contributed by atoms with van der Waals surface area (Å²) >= 11 is 0. The second kappa shape index (κ2) is 13.5. The molecule has 0 aliphatic carbocycles. The fourth-order valence-corrected chi connectivity index (χ4v) is 1.86. The third-order valence-corrected chi connectivity index (χ3v) is 2.96. The van der Waals surface area contributed by atoms with E-state index in [0.717, 1.165) is 25.9 Å². The van der Waals surface area contributed by atoms with Gasteiger partial charge in [-0.3, -0.25) is 4.79 Å². The van der Waals surface area contributed by atoms with Crippen molar-refractivity contribution in [1.29, 1.82) is 0 Å². The smallest absolute Gasteiger partial charge is 0.305 e. The van der Waals surface area contributed by atoms with Crippen LogP contribution in [0.1, 0.15) is 64.7 Å². The number of unbranched alkanes of at least 4 members (excludes halogenated alkanes) is 7. The maximum atomic E-state index is 10.8. The first-order chi connectivity index (χ1) is 8.31. The highest BCUT2D eigenvalue weighted by atomic mass is 16.5. The average Bonchev–Trinajstić information content (AvgIpc) is 2.35. The highest BCUT2D eigenvalue weighted by Gasteiger charge is 1.98. The zero-order chi connectivity index (χ0) is 12.8. The normalized spacial score (nSPS) is 10.5. The van der Waals surface area contributed by atoms with Gasteiger partial charge in [-0.1, -0.05) is 45.4 Å². The summed E-state index contributed by atoms with van der Waals surface area (Å²) in [6, 6.07) is 0. The largest absolute Gasteiger partial charge is 0.469 e. The van der Waals surface area contributed by atoms with Crippen molar-refractivity contribution in [3.63, 3.8) is 0 Å². The molecule has 0 aromatic carbocycles. The Balaban J connectivity index is 2.96. The first-order valence-electron chi connectivity index (χ1n) is 7.08. The lowest BCUT2D eigenvalue weighted by molar-refractivity contribution is -0.140. The molecule has 0 aromatic heterocycles. The predicted octanol–water partition coefficient (Wildman–Crippen LogP) is 3.28. The number of ether oxygens (including phenoxy) is 1. The third-order valence-electron chi connectivity index (χ3n) is 2.96. The van der Waals surface area contributed by atoms with Gasteiger partial charge < -0.3 is 10.1 Å². The number of carbonyl (C=O) groups excluding carboxylic acids is 1. The predicted molar refractivity (Wildman–Crippen MR) is 72.1 cm³/mol. The van der Waals surface area contributed by atoms with Crippen molar-refractivity contribution in [3.05, 3.63) is 0 Å². The van der Waals surface area contributed by atoms with Crippen LogP contribution in [0.2, 0.25) is 0 Å². The Bertz CT molecular complexity index is 172. The molecule has 102 valence electrons. The molecule has 0 bridgehead atoms. The van der Waals surface area contributed by atoms with E-state index in [-0.39, 0.29) is 5.97 Å². The molecule has 1 N–H and O–H groups in total. The van der Waals surface area contributed by atoms with Crippen LogP contribution >= 0.6 is 0 Å². The van der Waals surface area contributed by atoms with Gasteiger partial charge in [-0.05, 0) is 25.9 Å². The minimum Gasteiger partial charge on any atom is -0.469 e. The molecule has 0 heterocycles. The summed E-state index contributed by atoms with van der Waals surface area (Å²) in [5.41, 5.74) is 0. The zero-order valence-electron chi connectivity index (χ0n) is 11.6. The topological polar surface area (TPSA) is 38.3 Å². The number of methoxy groups -OCH3 is 1. The molecule has 3 nitrogen and oxygen atoms in total. The van der Waals surface area contributed by atoms with E-state index >= 15 is 0 Å². The van der Waals surface area contributed by atoms with Crippen molar-refractivity contribution in [2.24, 2.45) is 0 Å². The molecular weight excluding hydrogens is 214 g/mol. The summed E-state index contributed by atoms with van der Waals surface area (Å²) in [7, 11) is 1.45. The lowest BCUT2D eigenvalue weighted by atomic mass is 10.1. The Morgan fingerprint density at radius 1 is 0.941 bits per heavy atom. The van der Waals surface area contributed by atoms with Gasteiger partial charge in [0.25, 0.3) is 0 Å². The number of hydrogen-bond donors (Lipinski definition) is 1. The van der Waals surface area contributed by atoms with Gasteiger partial charge in [-0.15, -0.1) is 0 Å². The van der Waals surface area contributed by atoms with Crippen LogP contribution in [0.3, 0.4) is 0 Å². The lowest BCUT2D eigenvalue weighted by Gasteiger charge is -2.03. The standard InChI is InChI=1S/C14H29NO2/c1-3-15-13-11-9-7-5-4-6-8-10-12-14(16)17-2/h15H,3-13H2,1-2H3. The fraction of sp³-hybridized carbons (Fsp3) is 0.929. The number of carbonyl (C=O) groups is 1. The molecule has 17 heavy (non-hydrogen) atoms. The lowest BCUT2D eigenvalue weighted by Crippen LogP contribution is -2.13. The van der Waals surface area contributed by atoms with Crippen LogP contribution in [-0.4, -0.2) is 26.2 Å². The molecule has 0 aliphatic heterocycles. The molecule has 0 atom stereocenters. The monoisotopic (exact) mass is 243 g/mol. The van der Waals surface area contributed by atoms with Crippen LogP contribution in [0.5, 0.6) is 0 Å². The number of rotatable bonds is 12. The number of hydrogen-bond acceptors (Lipinski definition) is 3. The summed E-state index contributed by atoms with van der Waals surface area (Å²) in [6.45, 7) is 4.39. The molecule has 0 saturated heterocycles. The molecule has 0 radical (unpaired) electrons. The summed E-state index contributed by atoms with van der Waals surface area (Å²) < 4.78 is 4.60. The van der Waals surface area contributed by atoms with Gasteiger partial charge in [0, 0.05) is 6.42 Å². The van der Waals surface area contributed by atoms with Crippen molar-refractivity contribution < 1.29 is 9.53 Å². The van der Waals surface area contributed by atoms with E-state index in [9.17, 15) is 4.79 Å². The van der Waals surface area contributed by atoms with Crippen molar-refractivity contribution in [2.45, 2.75) is 64.7 Å². The van der Waals surface area contributed by atoms with Gasteiger partial charge in [0.1, 0.15) is 0 Å². The van der Waals surface area contributed by atoms with E-state index in [0.29, 0.717) is 6.42 Å². The Hall–Kier alpha value is -0.570. The molecule has 0 aromatic rings. The van der Waals surface area contributed by atoms with Gasteiger partial charge in [-0.2, -0.15) is 0 Å². The molecule has 0 aliphatic rings. The van der Waals surface area contributed by atoms with E-state index in [2.05, 4.69) is 17.0 Å². The van der Waals surface area contributed by atoms with E-state index < -0.39 is 0 Å². The van der Waals surface area contributed by atoms with Crippen LogP contribution in [0, 0.1) is 0 Å². The van der Waals surface area contributed by atoms with Crippen LogP contribution in [0.4, 0.5) is 0 Å². The van der Waals surface area contributed by atoms with Crippen molar-refractivity contribution in [1.82, 2.24) is 5.32 Å². The summed E-state index contributed by atoms with van der Waals surface area (Å²) in [4.78, 5) is 10.8. The summed E-state index contributed by atoms with van der Waals surface area (Å²) in [5.74, 6) is -0.0755. The molecule has 0 amide bonds. The molecular formula is C14H29NO2. The Labute approximate surface area is 106 Å². The van der Waals surface area contributed by atoms with Crippen molar-refractivity contribution >= 4 is 5.97 Å². The van der Waals surface area contributed by atoms with Gasteiger partial charge in [0.2, 0.25) is 0 Å². The molecule has 0 fully saturated rings. The first-order valence-corrected chi connectivity index (χ1v) is 7.08. The minimum absolute atomic E-state index is 0.0755. The maximum absolute atomic E-state index is 10.8. The fourth-order valence-electron chi connectivity index (χ4n) is 1.86. The summed E-state index contributed by atoms with van der Waals surface area (Å²) in [5, 5.41) is 3.34. The summed E-state index contributed by atoms with van der Waals surface area (Å²) in [6.07, 6.45) is 10.6. The third kappa shape index (κ3) is 13.4. The van der Waals surface area contributed by atoms with Gasteiger partial charge in [0.05, 0.1) is 7.11 Å². The molecule has 0 saturated carbocycles. The molecule has 3 heteroatoms. The Morgan fingerprint density at radius 3 is 2.00 bits per heavy atom. The number of nitrogens with one attached hydrogen (secondary N) is 1. The van der Waals surface area contributed by atoms with Gasteiger partial charge in [0.15, 0.2) is 0 Å². The quantitative estimate of drug-likeness (QED) is 0.422. The first kappa shape index (κ1) is 16.4. The van der Waals surface area contributed by atoms with Gasteiger partial charge >= 0.3 is 5.97 Å². The molecule has 0 rings (SSSR count). The van der Waals surface area contributed by atoms with Crippen molar-refractivity contribution in [2.75, 3.05) is 20.2 Å². The van der Waals surface area contributed by atoms with Crippen LogP contribution in [0.15, 0.2) is 0 Å².